The van der Waals surface area contributed by atoms with Crippen LogP contribution in [0.25, 0.3) is 0 Å². The Morgan fingerprint density at radius 3 is 2.84 bits per heavy atom. The number of aromatic nitrogens is 1. The van der Waals surface area contributed by atoms with Gasteiger partial charge in [0, 0.05) is 18.7 Å². The van der Waals surface area contributed by atoms with Crippen LogP contribution in [0.5, 0.6) is 0 Å². The molecule has 2 amide bonds. The molecule has 2 rings (SSSR count). The molecule has 19 heavy (non-hydrogen) atoms. The fourth-order valence-electron chi connectivity index (χ4n) is 1.82. The van der Waals surface area contributed by atoms with E-state index in [4.69, 9.17) is 9.63 Å². The van der Waals surface area contributed by atoms with E-state index in [-0.39, 0.29) is 31.6 Å². The molecular formula is C12H17N3O4. The smallest absolute Gasteiger partial charge is 0.318 e. The third-order valence-electron chi connectivity index (χ3n) is 2.91. The number of rotatable bonds is 6. The summed E-state index contributed by atoms with van der Waals surface area (Å²) in [4.78, 5) is 24.1. The molecule has 1 saturated carbocycles. The maximum absolute atomic E-state index is 12.0. The van der Waals surface area contributed by atoms with Crippen LogP contribution in [0, 0.1) is 6.92 Å². The summed E-state index contributed by atoms with van der Waals surface area (Å²) in [5, 5.41) is 15.1. The molecule has 7 heteroatoms. The molecule has 1 fully saturated rings. The molecule has 0 radical (unpaired) electrons. The van der Waals surface area contributed by atoms with Crippen LogP contribution in [-0.4, -0.2) is 39.8 Å². The van der Waals surface area contributed by atoms with Crippen LogP contribution in [0.1, 0.15) is 30.7 Å². The number of aliphatic carboxylic acids is 1. The Morgan fingerprint density at radius 2 is 2.32 bits per heavy atom. The molecular weight excluding hydrogens is 250 g/mol. The molecule has 1 heterocycles. The Labute approximate surface area is 110 Å². The summed E-state index contributed by atoms with van der Waals surface area (Å²) in [6.07, 6.45) is 1.84. The Kier molecular flexibility index (Phi) is 4.03. The van der Waals surface area contributed by atoms with Crippen molar-refractivity contribution in [3.05, 3.63) is 17.5 Å². The highest BCUT2D eigenvalue weighted by molar-refractivity contribution is 5.76. The van der Waals surface area contributed by atoms with Gasteiger partial charge in [0.05, 0.1) is 18.7 Å². The quantitative estimate of drug-likeness (QED) is 0.805. The van der Waals surface area contributed by atoms with Crippen LogP contribution >= 0.6 is 0 Å². The number of carboxylic acids is 1. The van der Waals surface area contributed by atoms with Gasteiger partial charge in [-0.3, -0.25) is 4.79 Å². The maximum atomic E-state index is 12.0. The Morgan fingerprint density at radius 1 is 1.58 bits per heavy atom. The van der Waals surface area contributed by atoms with Crippen LogP contribution in [0.15, 0.2) is 10.6 Å². The van der Waals surface area contributed by atoms with Gasteiger partial charge in [0.1, 0.15) is 0 Å². The normalized spacial score (nSPS) is 14.2. The number of amides is 2. The highest BCUT2D eigenvalue weighted by Crippen LogP contribution is 2.26. The fourth-order valence-corrected chi connectivity index (χ4v) is 1.82. The van der Waals surface area contributed by atoms with Gasteiger partial charge in [-0.1, -0.05) is 5.16 Å². The summed E-state index contributed by atoms with van der Waals surface area (Å²) in [6, 6.07) is 1.67. The van der Waals surface area contributed by atoms with Crippen LogP contribution in [0.4, 0.5) is 4.79 Å². The molecule has 0 saturated heterocycles. The van der Waals surface area contributed by atoms with Crippen molar-refractivity contribution in [2.45, 2.75) is 38.8 Å². The number of nitrogens with one attached hydrogen (secondary N) is 1. The van der Waals surface area contributed by atoms with Gasteiger partial charge in [-0.15, -0.1) is 0 Å². The van der Waals surface area contributed by atoms with Gasteiger partial charge in [-0.05, 0) is 19.8 Å². The molecule has 0 bridgehead atoms. The minimum atomic E-state index is -0.899. The topological polar surface area (TPSA) is 95.7 Å². The van der Waals surface area contributed by atoms with E-state index in [0.29, 0.717) is 5.76 Å². The molecule has 0 aliphatic heterocycles. The third kappa shape index (κ3) is 3.97. The number of carbonyl (C=O) groups excluding carboxylic acids is 1. The largest absolute Gasteiger partial charge is 0.481 e. The lowest BCUT2D eigenvalue weighted by Gasteiger charge is -2.21. The number of nitrogens with zero attached hydrogens (tertiary/aromatic N) is 2. The van der Waals surface area contributed by atoms with Gasteiger partial charge in [-0.2, -0.15) is 0 Å². The van der Waals surface area contributed by atoms with Crippen molar-refractivity contribution >= 4 is 12.0 Å². The number of carboxylic acid groups (broad SMARTS) is 1. The minimum Gasteiger partial charge on any atom is -0.481 e. The van der Waals surface area contributed by atoms with Crippen LogP contribution in [0.2, 0.25) is 0 Å². The molecule has 1 aliphatic rings. The van der Waals surface area contributed by atoms with E-state index in [9.17, 15) is 9.59 Å². The summed E-state index contributed by atoms with van der Waals surface area (Å²) >= 11 is 0. The highest BCUT2D eigenvalue weighted by Gasteiger charge is 2.32. The Hall–Kier alpha value is -2.05. The van der Waals surface area contributed by atoms with Crippen molar-refractivity contribution in [2.24, 2.45) is 0 Å². The summed E-state index contributed by atoms with van der Waals surface area (Å²) in [5.74, 6) is -0.316. The number of aryl methyl sites for hydroxylation is 1. The van der Waals surface area contributed by atoms with E-state index in [0.717, 1.165) is 18.5 Å². The van der Waals surface area contributed by atoms with Gasteiger partial charge >= 0.3 is 12.0 Å². The predicted molar refractivity (Wildman–Crippen MR) is 65.5 cm³/mol. The lowest BCUT2D eigenvalue weighted by atomic mass is 10.3. The molecule has 0 aromatic carbocycles. The molecule has 1 aromatic rings. The molecule has 0 unspecified atom stereocenters. The second-order valence-corrected chi connectivity index (χ2v) is 4.66. The SMILES string of the molecule is Cc1cc(CNC(=O)N(CCC(=O)O)C2CC2)on1. The molecule has 2 N–H and O–H groups in total. The van der Waals surface area contributed by atoms with Crippen molar-refractivity contribution in [3.63, 3.8) is 0 Å². The summed E-state index contributed by atoms with van der Waals surface area (Å²) in [5.41, 5.74) is 0.758. The lowest BCUT2D eigenvalue weighted by Crippen LogP contribution is -2.42. The van der Waals surface area contributed by atoms with Gasteiger partial charge in [0.25, 0.3) is 0 Å². The number of hydrogen-bond acceptors (Lipinski definition) is 4. The van der Waals surface area contributed by atoms with Gasteiger partial charge in [0.2, 0.25) is 0 Å². The van der Waals surface area contributed by atoms with Crippen molar-refractivity contribution in [1.29, 1.82) is 0 Å². The average Bonchev–Trinajstić information content (AvgIpc) is 3.09. The molecule has 1 aliphatic carbocycles. The average molecular weight is 267 g/mol. The summed E-state index contributed by atoms with van der Waals surface area (Å²) < 4.78 is 4.99. The number of hydrogen-bond donors (Lipinski definition) is 2. The zero-order valence-corrected chi connectivity index (χ0v) is 10.8. The molecule has 104 valence electrons. The van der Waals surface area contributed by atoms with E-state index in [1.54, 1.807) is 17.9 Å². The second kappa shape index (κ2) is 5.73. The van der Waals surface area contributed by atoms with Crippen LogP contribution in [-0.2, 0) is 11.3 Å². The third-order valence-corrected chi connectivity index (χ3v) is 2.91. The first-order valence-corrected chi connectivity index (χ1v) is 6.24. The van der Waals surface area contributed by atoms with Crippen molar-refractivity contribution in [2.75, 3.05) is 6.54 Å². The summed E-state index contributed by atoms with van der Waals surface area (Å²) in [7, 11) is 0. The number of carbonyl (C=O) groups is 2. The van der Waals surface area contributed by atoms with Gasteiger partial charge in [-0.25, -0.2) is 4.79 Å². The predicted octanol–water partition coefficient (Wildman–Crippen LogP) is 1.13. The molecule has 1 aromatic heterocycles. The maximum Gasteiger partial charge on any atom is 0.318 e. The van der Waals surface area contributed by atoms with Crippen molar-refractivity contribution in [1.82, 2.24) is 15.4 Å². The monoisotopic (exact) mass is 267 g/mol. The van der Waals surface area contributed by atoms with Crippen molar-refractivity contribution < 1.29 is 19.2 Å². The van der Waals surface area contributed by atoms with E-state index >= 15 is 0 Å². The molecule has 7 nitrogen and oxygen atoms in total. The van der Waals surface area contributed by atoms with Gasteiger partial charge < -0.3 is 19.8 Å². The first kappa shape index (κ1) is 13.4. The first-order chi connectivity index (χ1) is 9.06. The lowest BCUT2D eigenvalue weighted by molar-refractivity contribution is -0.137. The number of urea groups is 1. The first-order valence-electron chi connectivity index (χ1n) is 6.24. The second-order valence-electron chi connectivity index (χ2n) is 4.66. The van der Waals surface area contributed by atoms with Crippen LogP contribution < -0.4 is 5.32 Å². The summed E-state index contributed by atoms with van der Waals surface area (Å²) in [6.45, 7) is 2.30. The van der Waals surface area contributed by atoms with E-state index < -0.39 is 5.97 Å². The van der Waals surface area contributed by atoms with E-state index in [1.165, 1.54) is 0 Å². The molecule has 0 atom stereocenters. The Bertz CT molecular complexity index is 467. The highest BCUT2D eigenvalue weighted by atomic mass is 16.5. The van der Waals surface area contributed by atoms with E-state index in [1.807, 2.05) is 0 Å². The standard InChI is InChI=1S/C12H17N3O4/c1-8-6-10(19-14-8)7-13-12(18)15(9-2-3-9)5-4-11(16)17/h6,9H,2-5,7H2,1H3,(H,13,18)(H,16,17). The minimum absolute atomic E-state index is 0.0364. The van der Waals surface area contributed by atoms with Crippen LogP contribution in [0.3, 0.4) is 0 Å². The zero-order valence-electron chi connectivity index (χ0n) is 10.8. The fraction of sp³-hybridized carbons (Fsp3) is 0.583. The zero-order chi connectivity index (χ0) is 13.8. The Balaban J connectivity index is 1.83. The molecule has 0 spiro atoms. The van der Waals surface area contributed by atoms with Gasteiger partial charge in [0.15, 0.2) is 5.76 Å². The van der Waals surface area contributed by atoms with E-state index in [2.05, 4.69) is 10.5 Å². The van der Waals surface area contributed by atoms with Crippen molar-refractivity contribution in [3.8, 4) is 0 Å².